The van der Waals surface area contributed by atoms with Gasteiger partial charge in [-0.15, -0.1) is 0 Å². The Labute approximate surface area is 525 Å². The van der Waals surface area contributed by atoms with Gasteiger partial charge in [0.05, 0.1) is 76.1 Å². The Morgan fingerprint density at radius 2 is 1.16 bits per heavy atom. The quantitative estimate of drug-likeness (QED) is 0.0263. The highest BCUT2D eigenvalue weighted by Crippen LogP contribution is 2.41. The van der Waals surface area contributed by atoms with Crippen LogP contribution in [0.2, 0.25) is 0 Å². The number of nitrogens with one attached hydrogen (secondary N) is 3. The van der Waals surface area contributed by atoms with Crippen molar-refractivity contribution in [3.05, 3.63) is 12.2 Å². The first-order chi connectivity index (χ1) is 43.0. The number of allylic oxidation sites excluding steroid dienone is 2. The number of carboxylic acid groups (broad SMARTS) is 2. The molecule has 0 radical (unpaired) electrons. The zero-order valence-electron chi connectivity index (χ0n) is 52.3. The van der Waals surface area contributed by atoms with Crippen molar-refractivity contribution in [3.8, 4) is 0 Å². The minimum atomic E-state index is -2.80. The molecule has 5 fully saturated rings. The fourth-order valence-corrected chi connectivity index (χ4v) is 12.2. The Bertz CT molecular complexity index is 2190. The number of aliphatic carboxylic acids is 2. The largest absolute Gasteiger partial charge is 0.477 e. The van der Waals surface area contributed by atoms with Crippen molar-refractivity contribution in [2.45, 2.75) is 297 Å². The smallest absolute Gasteiger partial charge is 0.364 e. The van der Waals surface area contributed by atoms with E-state index in [1.165, 1.54) is 64.2 Å². The average molecular weight is 1300 g/mol. The predicted molar refractivity (Wildman–Crippen MR) is 312 cm³/mol. The average Bonchev–Trinajstić information content (AvgIpc) is 0.808. The highest BCUT2D eigenvalue weighted by molar-refractivity contribution is 5.77. The van der Waals surface area contributed by atoms with Crippen LogP contribution in [0.4, 0.5) is 0 Å². The van der Waals surface area contributed by atoms with Gasteiger partial charge in [0.15, 0.2) is 18.9 Å². The van der Waals surface area contributed by atoms with Gasteiger partial charge in [0.1, 0.15) is 67.1 Å². The summed E-state index contributed by atoms with van der Waals surface area (Å²) in [7, 11) is 0. The first-order valence-corrected chi connectivity index (χ1v) is 32.0. The minimum absolute atomic E-state index is 0.126. The van der Waals surface area contributed by atoms with Crippen molar-refractivity contribution in [3.63, 3.8) is 0 Å². The van der Waals surface area contributed by atoms with E-state index in [1.807, 2.05) is 0 Å². The van der Waals surface area contributed by atoms with Crippen molar-refractivity contribution in [2.75, 3.05) is 39.6 Å². The molecule has 0 aromatic heterocycles. The molecule has 5 saturated heterocycles. The van der Waals surface area contributed by atoms with E-state index in [0.29, 0.717) is 6.42 Å². The van der Waals surface area contributed by atoms with Gasteiger partial charge in [-0.1, -0.05) is 83.3 Å². The maximum Gasteiger partial charge on any atom is 0.364 e. The van der Waals surface area contributed by atoms with Crippen LogP contribution in [0.15, 0.2) is 12.2 Å². The fraction of sp³-hybridized carbons (Fsp3) is 0.883. The number of aliphatic hydroxyl groups is 10. The second-order valence-corrected chi connectivity index (χ2v) is 24.2. The minimum Gasteiger partial charge on any atom is -0.477 e. The zero-order chi connectivity index (χ0) is 66.1. The van der Waals surface area contributed by atoms with Gasteiger partial charge in [-0.2, -0.15) is 0 Å². The predicted octanol–water partition coefficient (Wildman–Crippen LogP) is -0.874. The summed E-state index contributed by atoms with van der Waals surface area (Å²) in [6.45, 7) is 1.36. The Morgan fingerprint density at radius 1 is 0.600 bits per heavy atom. The number of ether oxygens (including phenoxy) is 10. The summed E-state index contributed by atoms with van der Waals surface area (Å²) in [5.41, 5.74) is 0. The summed E-state index contributed by atoms with van der Waals surface area (Å²) in [5, 5.41) is 137. The van der Waals surface area contributed by atoms with Gasteiger partial charge in [-0.05, 0) is 38.5 Å². The van der Waals surface area contributed by atoms with Crippen LogP contribution in [-0.4, -0.2) is 265 Å². The fourth-order valence-electron chi connectivity index (χ4n) is 12.2. The van der Waals surface area contributed by atoms with E-state index in [9.17, 15) is 85.3 Å². The second-order valence-electron chi connectivity index (χ2n) is 24.2. The third-order valence-corrected chi connectivity index (χ3v) is 17.0. The van der Waals surface area contributed by atoms with E-state index in [-0.39, 0.29) is 25.9 Å². The molecule has 520 valence electrons. The van der Waals surface area contributed by atoms with Crippen LogP contribution < -0.4 is 16.0 Å². The zero-order valence-corrected chi connectivity index (χ0v) is 52.3. The molecule has 3 amide bonds. The SMILES string of the molecule is CCCCCCCCCCCCC/C=C/CCCO[C@H]1C[C@@H](O)[C@H](O[C@H]2C[C@@H](O[C@]3(C(=O)O)CC[C@@H](NC(C)=O)[C@H](C[C@@H](CO)O[C@]4(C(=O)O)CC[C@@H](NC(C)=O)[C@H]([C@H](O)C(O)CO)O4)O3)[C@@H](O[C@@H]3O[C@H](CO)[C@H](O)[C@H](O)[C@H]3NC(C)=O)[C@@H](CO)O2)[C@@H](CO)O1. The number of carbonyl (C=O) groups is 5. The molecule has 0 aliphatic carbocycles. The van der Waals surface area contributed by atoms with Crippen molar-refractivity contribution >= 4 is 29.7 Å². The molecule has 0 saturated carbocycles. The van der Waals surface area contributed by atoms with Crippen LogP contribution >= 0.6 is 0 Å². The number of rotatable bonds is 39. The molecule has 30 heteroatoms. The van der Waals surface area contributed by atoms with Crippen LogP contribution in [-0.2, 0) is 71.3 Å². The standard InChI is InChI=1S/C60H103N3O27/c1-5-6-7-8-9-10-11-12-13-14-15-16-17-18-19-20-25-81-47-27-40(72)54(45(32-67)82-47)85-48-28-43(55(46(33-68)83-48)86-56-49(63-36(4)71)52(76)51(75)44(31-66)84-56)89-60(58(79)80)23-21-38(61-34(2)69)42(88-60)26-37(29-64)87-59(57(77)78)24-22-39(62-35(3)70)53(90-59)50(74)41(73)30-65/h17-18,37-56,64-68,72-76H,5-16,19-33H2,1-4H3,(H,61,69)(H,62,70)(H,63,71)(H,77,78)(H,79,80)/b18-17+/t37-,38+,39+,40+,41?,42-,43+,44+,45+,46+,47+,48-,49+,50+,51-,52+,53+,54-,55+,56-,59+,60-/m0/s1. The molecule has 0 spiro atoms. The van der Waals surface area contributed by atoms with Gasteiger partial charge in [0.25, 0.3) is 11.6 Å². The number of hydrogen-bond acceptors (Lipinski definition) is 25. The van der Waals surface area contributed by atoms with Crippen molar-refractivity contribution in [1.29, 1.82) is 0 Å². The summed E-state index contributed by atoms with van der Waals surface area (Å²) >= 11 is 0. The molecule has 22 atom stereocenters. The van der Waals surface area contributed by atoms with Crippen LogP contribution in [0.25, 0.3) is 0 Å². The van der Waals surface area contributed by atoms with E-state index in [1.54, 1.807) is 0 Å². The summed E-state index contributed by atoms with van der Waals surface area (Å²) in [6.07, 6.45) is -9.54. The van der Waals surface area contributed by atoms with Crippen LogP contribution in [0.3, 0.4) is 0 Å². The van der Waals surface area contributed by atoms with Crippen LogP contribution in [0.5, 0.6) is 0 Å². The summed E-state index contributed by atoms with van der Waals surface area (Å²) in [4.78, 5) is 64.4. The van der Waals surface area contributed by atoms with Gasteiger partial charge in [0.2, 0.25) is 17.7 Å². The molecule has 5 aliphatic rings. The number of carboxylic acids is 2. The summed E-state index contributed by atoms with van der Waals surface area (Å²) in [5.74, 6) is -11.1. The first kappa shape index (κ1) is 77.0. The van der Waals surface area contributed by atoms with Crippen molar-refractivity contribution in [2.24, 2.45) is 0 Å². The molecular weight excluding hydrogens is 1190 g/mol. The molecule has 15 N–H and O–H groups in total. The molecule has 1 unspecified atom stereocenters. The maximum atomic E-state index is 13.9. The highest BCUT2D eigenvalue weighted by Gasteiger charge is 2.58. The molecule has 0 aromatic carbocycles. The Morgan fingerprint density at radius 3 is 1.73 bits per heavy atom. The van der Waals surface area contributed by atoms with Crippen molar-refractivity contribution in [1.82, 2.24) is 16.0 Å². The van der Waals surface area contributed by atoms with Crippen LogP contribution in [0.1, 0.15) is 163 Å². The molecular formula is C60H103N3O27. The lowest BCUT2D eigenvalue weighted by Gasteiger charge is -2.50. The van der Waals surface area contributed by atoms with Crippen LogP contribution in [0, 0.1) is 0 Å². The Balaban J connectivity index is 1.35. The highest BCUT2D eigenvalue weighted by atomic mass is 16.8. The lowest BCUT2D eigenvalue weighted by molar-refractivity contribution is -0.373. The number of unbranched alkanes of at least 4 members (excludes halogenated alkanes) is 12. The summed E-state index contributed by atoms with van der Waals surface area (Å²) < 4.78 is 61.5. The maximum absolute atomic E-state index is 13.9. The third kappa shape index (κ3) is 22.5. The van der Waals surface area contributed by atoms with Gasteiger partial charge in [-0.3, -0.25) is 14.4 Å². The van der Waals surface area contributed by atoms with Crippen molar-refractivity contribution < 1.29 is 133 Å². The molecule has 5 rings (SSSR count). The van der Waals surface area contributed by atoms with Gasteiger partial charge in [-0.25, -0.2) is 9.59 Å². The van der Waals surface area contributed by atoms with E-state index >= 15 is 0 Å². The lowest BCUT2D eigenvalue weighted by Crippen LogP contribution is -2.67. The van der Waals surface area contributed by atoms with E-state index < -0.39 is 222 Å². The third-order valence-electron chi connectivity index (χ3n) is 17.0. The number of carbonyl (C=O) groups excluding carboxylic acids is 3. The van der Waals surface area contributed by atoms with Gasteiger partial charge >= 0.3 is 11.9 Å². The second kappa shape index (κ2) is 38.6. The molecule has 0 aromatic rings. The van der Waals surface area contributed by atoms with Gasteiger partial charge < -0.3 is 125 Å². The molecule has 30 nitrogen and oxygen atoms in total. The molecule has 0 bridgehead atoms. The topological polar surface area (TPSA) is 457 Å². The van der Waals surface area contributed by atoms with E-state index in [2.05, 4.69) is 35.0 Å². The monoisotopic (exact) mass is 1300 g/mol. The van der Waals surface area contributed by atoms with Gasteiger partial charge in [0, 0.05) is 52.9 Å². The normalized spacial score (nSPS) is 35.1. The number of hydrogen-bond donors (Lipinski definition) is 15. The molecule has 90 heavy (non-hydrogen) atoms. The van der Waals surface area contributed by atoms with E-state index in [0.717, 1.165) is 40.0 Å². The number of aliphatic hydroxyl groups excluding tert-OH is 10. The Hall–Kier alpha value is -3.71. The first-order valence-electron chi connectivity index (χ1n) is 32.0. The lowest BCUT2D eigenvalue weighted by atomic mass is 9.90. The Kier molecular flexibility index (Phi) is 33.0. The molecule has 5 heterocycles. The summed E-state index contributed by atoms with van der Waals surface area (Å²) in [6, 6.07) is -3.81. The molecule has 5 aliphatic heterocycles. The number of amides is 3. The van der Waals surface area contributed by atoms with E-state index in [4.69, 9.17) is 47.4 Å².